The Morgan fingerprint density at radius 2 is 0.720 bits per heavy atom. The van der Waals surface area contributed by atoms with Crippen molar-refractivity contribution < 1.29 is 0 Å². The van der Waals surface area contributed by atoms with Gasteiger partial charge in [0.05, 0.1) is 22.8 Å². The number of hydrogen-bond donors (Lipinski definition) is 0. The molecule has 4 nitrogen and oxygen atoms in total. The molecule has 0 bridgehead atoms. The van der Waals surface area contributed by atoms with Crippen LogP contribution in [0.25, 0.3) is 143 Å². The lowest BCUT2D eigenvalue weighted by molar-refractivity contribution is 0.661. The van der Waals surface area contributed by atoms with Crippen LogP contribution < -0.4 is 0 Å². The number of fused-ring (bicyclic) bond motifs is 9. The van der Waals surface area contributed by atoms with Gasteiger partial charge in [0.15, 0.2) is 0 Å². The first-order chi connectivity index (χ1) is 36.9. The van der Waals surface area contributed by atoms with Gasteiger partial charge in [0.1, 0.15) is 0 Å². The fourth-order valence-corrected chi connectivity index (χ4v) is 12.2. The van der Waals surface area contributed by atoms with Crippen LogP contribution in [-0.2, 0) is 5.41 Å². The average molecular weight is 955 g/mol. The molecule has 0 atom stereocenters. The molecule has 0 spiro atoms. The molecule has 0 saturated carbocycles. The highest BCUT2D eigenvalue weighted by atomic mass is 14.7. The number of nitrogens with zero attached hydrogens (tertiary/aromatic N) is 4. The van der Waals surface area contributed by atoms with Crippen LogP contribution in [0.15, 0.2) is 243 Å². The van der Waals surface area contributed by atoms with E-state index >= 15 is 0 Å². The van der Waals surface area contributed by atoms with Gasteiger partial charge in [-0.25, -0.2) is 9.97 Å². The minimum Gasteiger partial charge on any atom is -0.263 e. The van der Waals surface area contributed by atoms with Crippen molar-refractivity contribution in [2.45, 2.75) is 19.3 Å². The molecule has 75 heavy (non-hydrogen) atoms. The van der Waals surface area contributed by atoms with Gasteiger partial charge in [0.2, 0.25) is 0 Å². The number of rotatable bonds is 6. The van der Waals surface area contributed by atoms with Crippen molar-refractivity contribution in [3.8, 4) is 78.4 Å². The highest BCUT2D eigenvalue weighted by molar-refractivity contribution is 6.24. The van der Waals surface area contributed by atoms with Crippen molar-refractivity contribution in [1.82, 2.24) is 19.9 Å². The summed E-state index contributed by atoms with van der Waals surface area (Å²) in [5.41, 5.74) is 17.5. The minimum absolute atomic E-state index is 0.326. The predicted octanol–water partition coefficient (Wildman–Crippen LogP) is 18.5. The summed E-state index contributed by atoms with van der Waals surface area (Å²) in [6, 6.07) is 79.9. The molecule has 0 fully saturated rings. The van der Waals surface area contributed by atoms with Crippen molar-refractivity contribution in [3.05, 3.63) is 254 Å². The first kappa shape index (κ1) is 43.0. The third-order valence-electron chi connectivity index (χ3n) is 16.0. The molecule has 15 rings (SSSR count). The largest absolute Gasteiger partial charge is 0.263 e. The SMILES string of the molecule is CC1(C)c2cc(-c3cccc(-c4cncc5ccccc45)n3)ccc2-c2cc3c(-c4ccc5ccccc5c4)c4ccc(-c5cccc(-c6cncc7ccccc67)n5)cc4c(-c4ccc5ccccc5c4)c3cc21. The summed E-state index contributed by atoms with van der Waals surface area (Å²) < 4.78 is 0. The number of hydrogen-bond acceptors (Lipinski definition) is 4. The molecule has 0 unspecified atom stereocenters. The van der Waals surface area contributed by atoms with Gasteiger partial charge in [-0.05, 0) is 159 Å². The lowest BCUT2D eigenvalue weighted by Crippen LogP contribution is -2.15. The standard InChI is InChI=1S/C71H46N4/c1-71(2)63-36-48(66-22-12-24-68(75-66)62-42-73-40-52-18-8-10-20-54(52)62)29-31-55(63)57-37-59-60(38-64(57)71)70(50-28-26-44-14-4-6-16-46(44)34-50)58-35-47(30-32-56(58)69(59)49-27-25-43-13-3-5-15-45(43)33-49)65-21-11-23-67(74-65)61-41-72-39-51-17-7-9-19-53(51)61/h3-42H,1-2H3. The smallest absolute Gasteiger partial charge is 0.0731 e. The highest BCUT2D eigenvalue weighted by Crippen LogP contribution is 2.54. The molecule has 0 amide bonds. The number of aromatic nitrogens is 4. The molecule has 0 aliphatic heterocycles. The monoisotopic (exact) mass is 954 g/mol. The minimum atomic E-state index is -0.326. The Hall–Kier alpha value is -9.64. The van der Waals surface area contributed by atoms with Crippen LogP contribution in [0.4, 0.5) is 0 Å². The highest BCUT2D eigenvalue weighted by Gasteiger charge is 2.37. The summed E-state index contributed by atoms with van der Waals surface area (Å²) in [5.74, 6) is 0. The molecule has 0 N–H and O–H groups in total. The van der Waals surface area contributed by atoms with Gasteiger partial charge in [-0.1, -0.05) is 172 Å². The molecular weight excluding hydrogens is 909 g/mol. The van der Waals surface area contributed by atoms with Crippen molar-refractivity contribution in [2.24, 2.45) is 0 Å². The van der Waals surface area contributed by atoms with Gasteiger partial charge < -0.3 is 0 Å². The van der Waals surface area contributed by atoms with E-state index in [2.05, 4.69) is 242 Å². The second-order valence-corrected chi connectivity index (χ2v) is 20.6. The van der Waals surface area contributed by atoms with Crippen LogP contribution in [0.3, 0.4) is 0 Å². The lowest BCUT2D eigenvalue weighted by Gasteiger charge is -2.24. The second-order valence-electron chi connectivity index (χ2n) is 20.6. The molecule has 0 radical (unpaired) electrons. The Balaban J connectivity index is 0.971. The molecule has 14 aromatic rings. The zero-order valence-corrected chi connectivity index (χ0v) is 41.4. The van der Waals surface area contributed by atoms with Crippen LogP contribution in [0.5, 0.6) is 0 Å². The van der Waals surface area contributed by atoms with Crippen LogP contribution in [0.2, 0.25) is 0 Å². The first-order valence-corrected chi connectivity index (χ1v) is 25.7. The van der Waals surface area contributed by atoms with Crippen molar-refractivity contribution in [2.75, 3.05) is 0 Å². The van der Waals surface area contributed by atoms with Crippen LogP contribution in [0.1, 0.15) is 25.0 Å². The molecule has 4 heteroatoms. The average Bonchev–Trinajstić information content (AvgIpc) is 3.75. The van der Waals surface area contributed by atoms with E-state index in [9.17, 15) is 0 Å². The van der Waals surface area contributed by atoms with E-state index in [1.165, 1.54) is 87.6 Å². The Morgan fingerprint density at radius 1 is 0.267 bits per heavy atom. The van der Waals surface area contributed by atoms with E-state index in [4.69, 9.17) is 9.97 Å². The van der Waals surface area contributed by atoms with E-state index in [0.29, 0.717) is 0 Å². The van der Waals surface area contributed by atoms with Crippen molar-refractivity contribution in [3.63, 3.8) is 0 Å². The summed E-state index contributed by atoms with van der Waals surface area (Å²) in [4.78, 5) is 19.9. The molecule has 1 aliphatic carbocycles. The molecular formula is C71H46N4. The van der Waals surface area contributed by atoms with Crippen molar-refractivity contribution in [1.29, 1.82) is 0 Å². The lowest BCUT2D eigenvalue weighted by atomic mass is 9.79. The van der Waals surface area contributed by atoms with E-state index in [1.54, 1.807) is 0 Å². The fourth-order valence-electron chi connectivity index (χ4n) is 12.2. The third-order valence-corrected chi connectivity index (χ3v) is 16.0. The topological polar surface area (TPSA) is 51.6 Å². The molecule has 4 heterocycles. The summed E-state index contributed by atoms with van der Waals surface area (Å²) >= 11 is 0. The quantitative estimate of drug-likeness (QED) is 0.156. The van der Waals surface area contributed by atoms with Gasteiger partial charge in [-0.2, -0.15) is 0 Å². The molecule has 1 aliphatic rings. The normalized spacial score (nSPS) is 12.8. The zero-order valence-electron chi connectivity index (χ0n) is 41.4. The van der Waals surface area contributed by atoms with Crippen LogP contribution >= 0.6 is 0 Å². The van der Waals surface area contributed by atoms with E-state index in [-0.39, 0.29) is 5.41 Å². The van der Waals surface area contributed by atoms with E-state index in [0.717, 1.165) is 66.6 Å². The number of pyridine rings is 4. The Kier molecular flexibility index (Phi) is 9.58. The van der Waals surface area contributed by atoms with Crippen LogP contribution in [-0.4, -0.2) is 19.9 Å². The Labute approximate surface area is 434 Å². The van der Waals surface area contributed by atoms with Gasteiger partial charge >= 0.3 is 0 Å². The van der Waals surface area contributed by atoms with Gasteiger partial charge in [-0.3, -0.25) is 9.97 Å². The fraction of sp³-hybridized carbons (Fsp3) is 0.0423. The summed E-state index contributed by atoms with van der Waals surface area (Å²) in [7, 11) is 0. The summed E-state index contributed by atoms with van der Waals surface area (Å²) in [6.45, 7) is 4.78. The van der Waals surface area contributed by atoms with Gasteiger partial charge in [-0.15, -0.1) is 0 Å². The maximum Gasteiger partial charge on any atom is 0.0731 e. The van der Waals surface area contributed by atoms with Gasteiger partial charge in [0.25, 0.3) is 0 Å². The first-order valence-electron chi connectivity index (χ1n) is 25.7. The van der Waals surface area contributed by atoms with Gasteiger partial charge in [0, 0.05) is 63.2 Å². The van der Waals surface area contributed by atoms with Crippen molar-refractivity contribution >= 4 is 64.6 Å². The molecule has 350 valence electrons. The van der Waals surface area contributed by atoms with Crippen LogP contribution in [0, 0.1) is 0 Å². The predicted molar refractivity (Wildman–Crippen MR) is 313 cm³/mol. The summed E-state index contributed by atoms with van der Waals surface area (Å²) in [6.07, 6.45) is 7.72. The Bertz CT molecular complexity index is 4690. The second kappa shape index (κ2) is 16.7. The molecule has 0 saturated heterocycles. The third kappa shape index (κ3) is 6.91. The maximum absolute atomic E-state index is 5.39. The maximum atomic E-state index is 5.39. The zero-order chi connectivity index (χ0) is 49.8. The van der Waals surface area contributed by atoms with E-state index in [1.807, 2.05) is 24.8 Å². The number of benzene rings is 10. The molecule has 10 aromatic carbocycles. The Morgan fingerprint density at radius 3 is 1.32 bits per heavy atom. The molecule has 4 aromatic heterocycles. The summed E-state index contributed by atoms with van der Waals surface area (Å²) in [5, 5.41) is 14.2. The van der Waals surface area contributed by atoms with E-state index < -0.39 is 0 Å².